The maximum Gasteiger partial charge on any atom is 0.421 e. The molecule has 0 radical (unpaired) electrons. The van der Waals surface area contributed by atoms with Crippen LogP contribution in [0.2, 0.25) is 5.28 Å². The Hall–Kier alpha value is -2.67. The highest BCUT2D eigenvalue weighted by Gasteiger charge is 2.35. The molecule has 0 amide bonds. The number of aromatic nitrogens is 3. The molecule has 0 saturated heterocycles. The van der Waals surface area contributed by atoms with Gasteiger partial charge in [0.1, 0.15) is 17.2 Å². The molecule has 8 heteroatoms. The van der Waals surface area contributed by atoms with E-state index in [1.807, 2.05) is 37.3 Å². The topological polar surface area (TPSA) is 50.7 Å². The summed E-state index contributed by atoms with van der Waals surface area (Å²) in [5.74, 6) is -0.215. The maximum atomic E-state index is 13.1. The lowest BCUT2D eigenvalue weighted by atomic mass is 10.1. The van der Waals surface area contributed by atoms with Gasteiger partial charge in [-0.05, 0) is 30.2 Å². The summed E-state index contributed by atoms with van der Waals surface area (Å²) in [7, 11) is 0. The Balaban J connectivity index is 2.01. The highest BCUT2D eigenvalue weighted by Crippen LogP contribution is 2.35. The van der Waals surface area contributed by atoms with Crippen LogP contribution in [0.15, 0.2) is 48.7 Å². The molecule has 4 nitrogen and oxygen atoms in total. The summed E-state index contributed by atoms with van der Waals surface area (Å²) in [5.41, 5.74) is 1.41. The van der Waals surface area contributed by atoms with E-state index >= 15 is 0 Å². The fourth-order valence-corrected chi connectivity index (χ4v) is 2.40. The zero-order valence-corrected chi connectivity index (χ0v) is 13.7. The van der Waals surface area contributed by atoms with Gasteiger partial charge in [-0.15, -0.1) is 0 Å². The van der Waals surface area contributed by atoms with Crippen molar-refractivity contribution < 1.29 is 13.2 Å². The zero-order chi connectivity index (χ0) is 18.0. The first-order chi connectivity index (χ1) is 11.8. The number of pyridine rings is 1. The van der Waals surface area contributed by atoms with Crippen LogP contribution >= 0.6 is 11.6 Å². The smallest absolute Gasteiger partial charge is 0.324 e. The minimum atomic E-state index is -4.61. The van der Waals surface area contributed by atoms with Crippen molar-refractivity contribution in [3.05, 3.63) is 65.1 Å². The van der Waals surface area contributed by atoms with Gasteiger partial charge in [0.05, 0.1) is 5.69 Å². The first kappa shape index (κ1) is 17.2. The normalized spacial score (nSPS) is 11.4. The second-order valence-electron chi connectivity index (χ2n) is 5.25. The average molecular weight is 365 g/mol. The molecule has 0 spiro atoms. The Morgan fingerprint density at radius 2 is 1.72 bits per heavy atom. The standard InChI is InChI=1S/C17H12ClF3N4/c1-10-7-8-13(23-14(10)11-5-3-2-4-6-11)24-15-12(17(19,20)21)9-22-16(18)25-15/h2-9H,1H3,(H,22,23,24,25). The number of aryl methyl sites for hydroxylation is 1. The van der Waals surface area contributed by atoms with Gasteiger partial charge in [-0.2, -0.15) is 18.2 Å². The van der Waals surface area contributed by atoms with E-state index in [0.717, 1.165) is 11.1 Å². The monoisotopic (exact) mass is 364 g/mol. The highest BCUT2D eigenvalue weighted by atomic mass is 35.5. The van der Waals surface area contributed by atoms with Gasteiger partial charge in [0.25, 0.3) is 0 Å². The summed E-state index contributed by atoms with van der Waals surface area (Å²) in [6.07, 6.45) is -3.97. The molecule has 0 atom stereocenters. The van der Waals surface area contributed by atoms with E-state index in [2.05, 4.69) is 20.3 Å². The van der Waals surface area contributed by atoms with Crippen LogP contribution in [0.5, 0.6) is 0 Å². The van der Waals surface area contributed by atoms with Crippen molar-refractivity contribution in [2.75, 3.05) is 5.32 Å². The van der Waals surface area contributed by atoms with Gasteiger partial charge < -0.3 is 5.32 Å². The fraction of sp³-hybridized carbons (Fsp3) is 0.118. The molecule has 3 rings (SSSR count). The predicted octanol–water partition coefficient (Wildman–Crippen LogP) is 5.26. The molecular formula is C17H12ClF3N4. The number of hydrogen-bond acceptors (Lipinski definition) is 4. The van der Waals surface area contributed by atoms with Crippen molar-refractivity contribution in [2.45, 2.75) is 13.1 Å². The molecule has 1 N–H and O–H groups in total. The quantitative estimate of drug-likeness (QED) is 0.644. The molecule has 0 aliphatic heterocycles. The van der Waals surface area contributed by atoms with Crippen LogP contribution in [0.25, 0.3) is 11.3 Å². The van der Waals surface area contributed by atoms with Gasteiger partial charge in [-0.25, -0.2) is 9.97 Å². The predicted molar refractivity (Wildman–Crippen MR) is 89.7 cm³/mol. The Morgan fingerprint density at radius 1 is 1.00 bits per heavy atom. The van der Waals surface area contributed by atoms with Crippen molar-refractivity contribution in [2.24, 2.45) is 0 Å². The molecule has 0 saturated carbocycles. The van der Waals surface area contributed by atoms with Crippen molar-refractivity contribution >= 4 is 23.2 Å². The van der Waals surface area contributed by atoms with E-state index in [4.69, 9.17) is 11.6 Å². The summed E-state index contributed by atoms with van der Waals surface area (Å²) in [6, 6.07) is 12.7. The molecule has 0 aliphatic rings. The second kappa shape index (κ2) is 6.68. The Bertz CT molecular complexity index is 898. The number of nitrogens with zero attached hydrogens (tertiary/aromatic N) is 3. The van der Waals surface area contributed by atoms with E-state index in [0.29, 0.717) is 11.9 Å². The van der Waals surface area contributed by atoms with Gasteiger partial charge in [0.15, 0.2) is 0 Å². The number of hydrogen-bond donors (Lipinski definition) is 1. The van der Waals surface area contributed by atoms with Crippen LogP contribution in [0.4, 0.5) is 24.8 Å². The summed E-state index contributed by atoms with van der Waals surface area (Å²) in [5, 5.41) is 2.30. The van der Waals surface area contributed by atoms with Crippen molar-refractivity contribution in [3.8, 4) is 11.3 Å². The molecular weight excluding hydrogens is 353 g/mol. The van der Waals surface area contributed by atoms with Crippen molar-refractivity contribution in [1.29, 1.82) is 0 Å². The van der Waals surface area contributed by atoms with Crippen LogP contribution in [-0.2, 0) is 6.18 Å². The Kier molecular flexibility index (Phi) is 4.59. The number of nitrogens with one attached hydrogen (secondary N) is 1. The third-order valence-electron chi connectivity index (χ3n) is 3.46. The van der Waals surface area contributed by atoms with E-state index in [1.165, 1.54) is 0 Å². The average Bonchev–Trinajstić information content (AvgIpc) is 2.56. The third-order valence-corrected chi connectivity index (χ3v) is 3.64. The molecule has 3 aromatic rings. The summed E-state index contributed by atoms with van der Waals surface area (Å²) >= 11 is 5.64. The third kappa shape index (κ3) is 3.88. The molecule has 128 valence electrons. The van der Waals surface area contributed by atoms with Gasteiger partial charge in [-0.1, -0.05) is 36.4 Å². The van der Waals surface area contributed by atoms with Crippen molar-refractivity contribution in [1.82, 2.24) is 15.0 Å². The summed E-state index contributed by atoms with van der Waals surface area (Å²) < 4.78 is 39.3. The SMILES string of the molecule is Cc1ccc(Nc2nc(Cl)ncc2C(F)(F)F)nc1-c1ccccc1. The molecule has 0 aliphatic carbocycles. The molecule has 2 aromatic heterocycles. The second-order valence-corrected chi connectivity index (χ2v) is 5.59. The molecule has 0 unspecified atom stereocenters. The van der Waals surface area contributed by atoms with Gasteiger partial charge >= 0.3 is 6.18 Å². The van der Waals surface area contributed by atoms with Gasteiger partial charge in [0, 0.05) is 11.8 Å². The van der Waals surface area contributed by atoms with Crippen LogP contribution in [0, 0.1) is 6.92 Å². The summed E-state index contributed by atoms with van der Waals surface area (Å²) in [6.45, 7) is 1.88. The number of rotatable bonds is 3. The number of halogens is 4. The van der Waals surface area contributed by atoms with E-state index in [1.54, 1.807) is 12.1 Å². The summed E-state index contributed by atoms with van der Waals surface area (Å²) in [4.78, 5) is 11.5. The van der Waals surface area contributed by atoms with Crippen LogP contribution in [0.3, 0.4) is 0 Å². The van der Waals surface area contributed by atoms with Crippen LogP contribution in [-0.4, -0.2) is 15.0 Å². The number of benzene rings is 1. The van der Waals surface area contributed by atoms with Gasteiger partial charge in [0.2, 0.25) is 5.28 Å². The number of anilines is 2. The first-order valence-corrected chi connectivity index (χ1v) is 7.62. The lowest BCUT2D eigenvalue weighted by molar-refractivity contribution is -0.137. The first-order valence-electron chi connectivity index (χ1n) is 7.24. The van der Waals surface area contributed by atoms with Gasteiger partial charge in [-0.3, -0.25) is 0 Å². The van der Waals surface area contributed by atoms with Crippen LogP contribution < -0.4 is 5.32 Å². The molecule has 2 heterocycles. The highest BCUT2D eigenvalue weighted by molar-refractivity contribution is 6.28. The number of alkyl halides is 3. The maximum absolute atomic E-state index is 13.1. The minimum Gasteiger partial charge on any atom is -0.324 e. The molecule has 0 bridgehead atoms. The van der Waals surface area contributed by atoms with E-state index in [-0.39, 0.29) is 11.1 Å². The molecule has 1 aromatic carbocycles. The fourth-order valence-electron chi connectivity index (χ4n) is 2.27. The lowest BCUT2D eigenvalue weighted by Crippen LogP contribution is -2.12. The Morgan fingerprint density at radius 3 is 2.40 bits per heavy atom. The lowest BCUT2D eigenvalue weighted by Gasteiger charge is -2.14. The van der Waals surface area contributed by atoms with Crippen molar-refractivity contribution in [3.63, 3.8) is 0 Å². The van der Waals surface area contributed by atoms with E-state index in [9.17, 15) is 13.2 Å². The minimum absolute atomic E-state index is 0.227. The zero-order valence-electron chi connectivity index (χ0n) is 13.0. The largest absolute Gasteiger partial charge is 0.421 e. The molecule has 0 fully saturated rings. The molecule has 25 heavy (non-hydrogen) atoms. The van der Waals surface area contributed by atoms with Crippen LogP contribution in [0.1, 0.15) is 11.1 Å². The Labute approximate surface area is 146 Å². The van der Waals surface area contributed by atoms with E-state index < -0.39 is 17.6 Å².